The minimum absolute atomic E-state index is 0.199. The summed E-state index contributed by atoms with van der Waals surface area (Å²) < 4.78 is 10.9. The second-order valence-electron chi connectivity index (χ2n) is 3.90. The Morgan fingerprint density at radius 3 is 2.89 bits per heavy atom. The lowest BCUT2D eigenvalue weighted by molar-refractivity contribution is -0.656. The molecule has 0 aliphatic rings. The maximum atomic E-state index is 8.66. The standard InChI is InChI=1S/C14H21NO3/c1-3-4-12-11-13(17-2)5-6-14(12)18-10-8-15-7-9-16/h3,5-6,11,15-16H,1,4,7-10H2,2H3/p+1. The quantitative estimate of drug-likeness (QED) is 0.493. The van der Waals surface area contributed by atoms with E-state index in [0.717, 1.165) is 30.0 Å². The smallest absolute Gasteiger partial charge is 0.137 e. The highest BCUT2D eigenvalue weighted by Crippen LogP contribution is 2.24. The molecule has 0 aliphatic heterocycles. The number of benzene rings is 1. The van der Waals surface area contributed by atoms with E-state index in [1.807, 2.05) is 29.6 Å². The van der Waals surface area contributed by atoms with Crippen LogP contribution < -0.4 is 14.8 Å². The molecule has 0 amide bonds. The van der Waals surface area contributed by atoms with Crippen molar-refractivity contribution in [2.24, 2.45) is 0 Å². The van der Waals surface area contributed by atoms with Crippen molar-refractivity contribution in [1.82, 2.24) is 0 Å². The van der Waals surface area contributed by atoms with Crippen molar-refractivity contribution in [3.05, 3.63) is 36.4 Å². The molecule has 0 saturated heterocycles. The minimum atomic E-state index is 0.199. The number of allylic oxidation sites excluding steroid dienone is 1. The number of hydrogen-bond acceptors (Lipinski definition) is 3. The fraction of sp³-hybridized carbons (Fsp3) is 0.429. The summed E-state index contributed by atoms with van der Waals surface area (Å²) in [6.07, 6.45) is 2.60. The molecule has 18 heavy (non-hydrogen) atoms. The maximum absolute atomic E-state index is 8.66. The van der Waals surface area contributed by atoms with Crippen LogP contribution >= 0.6 is 0 Å². The highest BCUT2D eigenvalue weighted by atomic mass is 16.5. The van der Waals surface area contributed by atoms with Gasteiger partial charge in [-0.05, 0) is 24.6 Å². The van der Waals surface area contributed by atoms with Gasteiger partial charge in [0.15, 0.2) is 0 Å². The topological polar surface area (TPSA) is 55.3 Å². The Morgan fingerprint density at radius 2 is 2.22 bits per heavy atom. The number of ether oxygens (including phenoxy) is 2. The van der Waals surface area contributed by atoms with E-state index in [-0.39, 0.29) is 6.61 Å². The summed E-state index contributed by atoms with van der Waals surface area (Å²) in [5.74, 6) is 1.69. The van der Waals surface area contributed by atoms with Crippen molar-refractivity contribution in [2.45, 2.75) is 6.42 Å². The molecule has 0 unspecified atom stereocenters. The van der Waals surface area contributed by atoms with Gasteiger partial charge in [0, 0.05) is 5.56 Å². The molecule has 1 rings (SSSR count). The number of hydrogen-bond donors (Lipinski definition) is 2. The van der Waals surface area contributed by atoms with Gasteiger partial charge in [-0.25, -0.2) is 0 Å². The van der Waals surface area contributed by atoms with Crippen LogP contribution in [-0.2, 0) is 6.42 Å². The lowest BCUT2D eigenvalue weighted by atomic mass is 10.1. The maximum Gasteiger partial charge on any atom is 0.137 e. The number of nitrogens with two attached hydrogens (primary N) is 1. The van der Waals surface area contributed by atoms with E-state index < -0.39 is 0 Å². The van der Waals surface area contributed by atoms with E-state index in [1.54, 1.807) is 7.11 Å². The van der Waals surface area contributed by atoms with Crippen LogP contribution in [0, 0.1) is 0 Å². The fourth-order valence-corrected chi connectivity index (χ4v) is 1.63. The van der Waals surface area contributed by atoms with Gasteiger partial charge in [0.1, 0.15) is 24.7 Å². The van der Waals surface area contributed by atoms with Crippen molar-refractivity contribution in [3.8, 4) is 11.5 Å². The molecule has 1 aromatic carbocycles. The monoisotopic (exact) mass is 252 g/mol. The Balaban J connectivity index is 2.54. The first kappa shape index (κ1) is 14.5. The number of quaternary nitrogens is 1. The molecule has 4 nitrogen and oxygen atoms in total. The average molecular weight is 252 g/mol. The summed E-state index contributed by atoms with van der Waals surface area (Å²) in [5, 5.41) is 10.7. The van der Waals surface area contributed by atoms with Crippen LogP contribution in [0.1, 0.15) is 5.56 Å². The highest BCUT2D eigenvalue weighted by molar-refractivity contribution is 5.41. The third kappa shape index (κ3) is 4.77. The van der Waals surface area contributed by atoms with Crippen molar-refractivity contribution in [2.75, 3.05) is 33.4 Å². The molecule has 0 atom stereocenters. The van der Waals surface area contributed by atoms with Crippen molar-refractivity contribution in [3.63, 3.8) is 0 Å². The molecule has 0 aliphatic carbocycles. The Kier molecular flexibility index (Phi) is 6.91. The van der Waals surface area contributed by atoms with Crippen LogP contribution in [0.15, 0.2) is 30.9 Å². The first-order valence-corrected chi connectivity index (χ1v) is 6.15. The second-order valence-corrected chi connectivity index (χ2v) is 3.90. The summed E-state index contributed by atoms with van der Waals surface area (Å²) >= 11 is 0. The van der Waals surface area contributed by atoms with Gasteiger partial charge in [-0.15, -0.1) is 6.58 Å². The zero-order valence-corrected chi connectivity index (χ0v) is 10.9. The van der Waals surface area contributed by atoms with E-state index in [1.165, 1.54) is 0 Å². The highest BCUT2D eigenvalue weighted by Gasteiger charge is 2.04. The Labute approximate surface area is 108 Å². The molecule has 100 valence electrons. The number of rotatable bonds is 9. The molecule has 0 bridgehead atoms. The Bertz CT molecular complexity index is 366. The van der Waals surface area contributed by atoms with Crippen molar-refractivity contribution >= 4 is 0 Å². The van der Waals surface area contributed by atoms with Crippen LogP contribution in [-0.4, -0.2) is 38.5 Å². The lowest BCUT2D eigenvalue weighted by Crippen LogP contribution is -2.86. The number of aliphatic hydroxyl groups is 1. The SMILES string of the molecule is C=CCc1cc(OC)ccc1OCC[NH2+]CCO. The number of aliphatic hydroxyl groups excluding tert-OH is 1. The van der Waals surface area contributed by atoms with Crippen LogP contribution in [0.5, 0.6) is 11.5 Å². The fourth-order valence-electron chi connectivity index (χ4n) is 1.63. The Morgan fingerprint density at radius 1 is 1.39 bits per heavy atom. The minimum Gasteiger partial charge on any atom is -0.497 e. The van der Waals surface area contributed by atoms with Crippen LogP contribution in [0.3, 0.4) is 0 Å². The van der Waals surface area contributed by atoms with Crippen LogP contribution in [0.2, 0.25) is 0 Å². The van der Waals surface area contributed by atoms with Crippen LogP contribution in [0.4, 0.5) is 0 Å². The molecule has 0 fully saturated rings. The van der Waals surface area contributed by atoms with Crippen molar-refractivity contribution in [1.29, 1.82) is 0 Å². The molecule has 3 N–H and O–H groups in total. The van der Waals surface area contributed by atoms with Crippen molar-refractivity contribution < 1.29 is 19.9 Å². The van der Waals surface area contributed by atoms with Gasteiger partial charge in [0.05, 0.1) is 20.3 Å². The third-order valence-corrected chi connectivity index (χ3v) is 2.54. The zero-order valence-electron chi connectivity index (χ0n) is 10.9. The summed E-state index contributed by atoms with van der Waals surface area (Å²) in [7, 11) is 1.65. The predicted molar refractivity (Wildman–Crippen MR) is 71.1 cm³/mol. The van der Waals surface area contributed by atoms with E-state index >= 15 is 0 Å². The molecule has 0 spiro atoms. The first-order chi connectivity index (χ1) is 8.81. The molecular weight excluding hydrogens is 230 g/mol. The normalized spacial score (nSPS) is 10.1. The summed E-state index contributed by atoms with van der Waals surface area (Å²) in [4.78, 5) is 0. The van der Waals surface area contributed by atoms with E-state index in [4.69, 9.17) is 14.6 Å². The van der Waals surface area contributed by atoms with Gasteiger partial charge in [-0.3, -0.25) is 0 Å². The lowest BCUT2D eigenvalue weighted by Gasteiger charge is -2.11. The summed E-state index contributed by atoms with van der Waals surface area (Å²) in [6, 6.07) is 5.78. The van der Waals surface area contributed by atoms with E-state index in [2.05, 4.69) is 6.58 Å². The third-order valence-electron chi connectivity index (χ3n) is 2.54. The molecule has 4 heteroatoms. The molecule has 0 heterocycles. The Hall–Kier alpha value is -1.52. The predicted octanol–water partition coefficient (Wildman–Crippen LogP) is 0.358. The molecule has 0 aromatic heterocycles. The first-order valence-electron chi connectivity index (χ1n) is 6.15. The molecule has 0 saturated carbocycles. The molecule has 0 radical (unpaired) electrons. The van der Waals surface area contributed by atoms with Gasteiger partial charge in [-0.2, -0.15) is 0 Å². The van der Waals surface area contributed by atoms with E-state index in [0.29, 0.717) is 13.2 Å². The van der Waals surface area contributed by atoms with Crippen LogP contribution in [0.25, 0.3) is 0 Å². The zero-order chi connectivity index (χ0) is 13.2. The van der Waals surface area contributed by atoms with E-state index in [9.17, 15) is 0 Å². The summed E-state index contributed by atoms with van der Waals surface area (Å²) in [5.41, 5.74) is 1.08. The van der Waals surface area contributed by atoms with Gasteiger partial charge < -0.3 is 19.9 Å². The largest absolute Gasteiger partial charge is 0.497 e. The van der Waals surface area contributed by atoms with Gasteiger partial charge in [0.25, 0.3) is 0 Å². The molecular formula is C14H22NO3+. The molecule has 1 aromatic rings. The van der Waals surface area contributed by atoms with Gasteiger partial charge >= 0.3 is 0 Å². The second kappa shape index (κ2) is 8.55. The van der Waals surface area contributed by atoms with Gasteiger partial charge in [0.2, 0.25) is 0 Å². The summed E-state index contributed by atoms with van der Waals surface area (Å²) in [6.45, 7) is 6.11. The van der Waals surface area contributed by atoms with Gasteiger partial charge in [-0.1, -0.05) is 6.08 Å². The number of methoxy groups -OCH3 is 1. The average Bonchev–Trinajstić information content (AvgIpc) is 2.40.